The normalized spacial score (nSPS) is 10.0. The molecule has 0 atom stereocenters. The summed E-state index contributed by atoms with van der Waals surface area (Å²) in [4.78, 5) is 9.48. The van der Waals surface area contributed by atoms with Crippen LogP contribution in [0.4, 0.5) is 0 Å². The van der Waals surface area contributed by atoms with Gasteiger partial charge < -0.3 is 5.11 Å². The van der Waals surface area contributed by atoms with Crippen molar-refractivity contribution in [3.8, 4) is 0 Å². The second-order valence-corrected chi connectivity index (χ2v) is 0.644. The molecule has 0 aliphatic carbocycles. The molecule has 0 rings (SSSR count). The van der Waals surface area contributed by atoms with Crippen LogP contribution in [0.2, 0.25) is 0 Å². The molecule has 0 saturated carbocycles. The van der Waals surface area contributed by atoms with Crippen LogP contribution in [0.3, 0.4) is 0 Å². The Balaban J connectivity index is 2.83. The molecule has 0 aliphatic rings. The zero-order valence-corrected chi connectivity index (χ0v) is 2.77. The lowest BCUT2D eigenvalue weighted by Crippen LogP contribution is -1.86. The maximum Gasteiger partial charge on any atom is 0.303 e. The standard InChI is InChI=1S/C3H6O2/c1-2-3(4)5/h2H2,1H3,(H,4,5)/i1D. The van der Waals surface area contributed by atoms with Crippen molar-refractivity contribution in [3.63, 3.8) is 0 Å². The average Bonchev–Trinajstić information content (AvgIpc) is 1.35. The SMILES string of the molecule is [2H]CCC(=O)O. The maximum atomic E-state index is 9.48. The zero-order chi connectivity index (χ0) is 4.99. The molecule has 0 aromatic carbocycles. The van der Waals surface area contributed by atoms with Gasteiger partial charge in [-0.25, -0.2) is 0 Å². The van der Waals surface area contributed by atoms with Crippen molar-refractivity contribution < 1.29 is 11.3 Å². The molecule has 0 heterocycles. The first-order valence-corrected chi connectivity index (χ1v) is 1.28. The molecule has 0 saturated heterocycles. The summed E-state index contributed by atoms with van der Waals surface area (Å²) in [6.07, 6.45) is -0.0417. The van der Waals surface area contributed by atoms with Gasteiger partial charge in [0.05, 0.1) is 0 Å². The first kappa shape index (κ1) is 2.69. The number of aliphatic carboxylic acids is 1. The monoisotopic (exact) mass is 75.0 g/mol. The lowest BCUT2D eigenvalue weighted by molar-refractivity contribution is -0.136. The number of rotatable bonds is 1. The van der Waals surface area contributed by atoms with E-state index in [1.165, 1.54) is 0 Å². The summed E-state index contributed by atoms with van der Waals surface area (Å²) in [6.45, 7) is -0.0185. The van der Waals surface area contributed by atoms with Crippen molar-refractivity contribution in [1.29, 1.82) is 0 Å². The average molecular weight is 75.1 g/mol. The summed E-state index contributed by atoms with van der Waals surface area (Å²) in [6, 6.07) is 0. The first-order valence-electron chi connectivity index (χ1n) is 1.99. The predicted molar refractivity (Wildman–Crippen MR) is 17.9 cm³/mol. The van der Waals surface area contributed by atoms with E-state index >= 15 is 0 Å². The van der Waals surface area contributed by atoms with Gasteiger partial charge in [0.2, 0.25) is 0 Å². The van der Waals surface area contributed by atoms with Crippen LogP contribution in [-0.2, 0) is 4.79 Å². The van der Waals surface area contributed by atoms with Crippen molar-refractivity contribution in [2.24, 2.45) is 0 Å². The largest absolute Gasteiger partial charge is 0.481 e. The van der Waals surface area contributed by atoms with E-state index in [1.807, 2.05) is 0 Å². The van der Waals surface area contributed by atoms with Gasteiger partial charge in [-0.15, -0.1) is 0 Å². The molecular formula is C3H6O2. The van der Waals surface area contributed by atoms with E-state index in [1.54, 1.807) is 0 Å². The second-order valence-electron chi connectivity index (χ2n) is 0.644. The zero-order valence-electron chi connectivity index (χ0n) is 3.77. The minimum Gasteiger partial charge on any atom is -0.481 e. The molecule has 0 aliphatic heterocycles. The van der Waals surface area contributed by atoms with Gasteiger partial charge >= 0.3 is 5.97 Å². The Morgan fingerprint density at radius 2 is 3.00 bits per heavy atom. The van der Waals surface area contributed by atoms with Crippen LogP contribution in [0, 0.1) is 0 Å². The van der Waals surface area contributed by atoms with Crippen LogP contribution in [0.25, 0.3) is 0 Å². The second kappa shape index (κ2) is 1.76. The molecule has 0 fully saturated rings. The third kappa shape index (κ3) is 3.47. The minimum absolute atomic E-state index is 0.0185. The van der Waals surface area contributed by atoms with Gasteiger partial charge in [0.15, 0.2) is 0 Å². The lowest BCUT2D eigenvalue weighted by atomic mass is 10.5. The molecule has 0 aromatic rings. The van der Waals surface area contributed by atoms with Gasteiger partial charge in [0.1, 0.15) is 0 Å². The number of carbonyl (C=O) groups is 1. The first-order chi connectivity index (χ1) is 2.77. The van der Waals surface area contributed by atoms with E-state index in [9.17, 15) is 4.79 Å². The van der Waals surface area contributed by atoms with Gasteiger partial charge in [-0.3, -0.25) is 4.79 Å². The molecule has 0 bridgehead atoms. The minimum atomic E-state index is -0.898. The Kier molecular flexibility index (Phi) is 0.947. The predicted octanol–water partition coefficient (Wildman–Crippen LogP) is 0.481. The molecule has 0 spiro atoms. The molecule has 2 heteroatoms. The summed E-state index contributed by atoms with van der Waals surface area (Å²) < 4.78 is 6.35. The summed E-state index contributed by atoms with van der Waals surface area (Å²) in [5.74, 6) is -0.898. The smallest absolute Gasteiger partial charge is 0.303 e. The number of hydrogen-bond acceptors (Lipinski definition) is 1. The Morgan fingerprint density at radius 1 is 2.40 bits per heavy atom. The van der Waals surface area contributed by atoms with Crippen LogP contribution in [0.15, 0.2) is 0 Å². The van der Waals surface area contributed by atoms with Gasteiger partial charge in [-0.05, 0) is 0 Å². The van der Waals surface area contributed by atoms with Crippen molar-refractivity contribution in [1.82, 2.24) is 0 Å². The van der Waals surface area contributed by atoms with Crippen LogP contribution < -0.4 is 0 Å². The van der Waals surface area contributed by atoms with Crippen LogP contribution in [0.5, 0.6) is 0 Å². The summed E-state index contributed by atoms with van der Waals surface area (Å²) in [5.41, 5.74) is 0. The van der Waals surface area contributed by atoms with E-state index in [2.05, 4.69) is 0 Å². The van der Waals surface area contributed by atoms with Crippen molar-refractivity contribution in [3.05, 3.63) is 0 Å². The maximum absolute atomic E-state index is 9.48. The molecular weight excluding hydrogens is 68.0 g/mol. The Labute approximate surface area is 31.8 Å². The van der Waals surface area contributed by atoms with Crippen LogP contribution >= 0.6 is 0 Å². The topological polar surface area (TPSA) is 37.3 Å². The number of hydrogen-bond donors (Lipinski definition) is 1. The Hall–Kier alpha value is -0.530. The number of carboxylic acid groups (broad SMARTS) is 1. The third-order valence-electron chi connectivity index (χ3n) is 0.214. The highest BCUT2D eigenvalue weighted by Crippen LogP contribution is 1.67. The van der Waals surface area contributed by atoms with Crippen LogP contribution in [0.1, 0.15) is 14.7 Å². The molecule has 5 heavy (non-hydrogen) atoms. The third-order valence-corrected chi connectivity index (χ3v) is 0.214. The van der Waals surface area contributed by atoms with Gasteiger partial charge in [0.25, 0.3) is 0 Å². The quantitative estimate of drug-likeness (QED) is 0.492. The van der Waals surface area contributed by atoms with Crippen molar-refractivity contribution in [2.75, 3.05) is 0 Å². The van der Waals surface area contributed by atoms with Crippen molar-refractivity contribution in [2.45, 2.75) is 13.3 Å². The molecule has 0 unspecified atom stereocenters. The number of carboxylic acids is 1. The molecule has 0 radical (unpaired) electrons. The highest BCUT2D eigenvalue weighted by molar-refractivity contribution is 5.66. The molecule has 30 valence electrons. The fraction of sp³-hybridized carbons (Fsp3) is 0.667. The van der Waals surface area contributed by atoms with Gasteiger partial charge in [0, 0.05) is 7.79 Å². The van der Waals surface area contributed by atoms with E-state index in [-0.39, 0.29) is 13.3 Å². The van der Waals surface area contributed by atoms with E-state index in [0.717, 1.165) is 0 Å². The highest BCUT2D eigenvalue weighted by atomic mass is 16.4. The summed E-state index contributed by atoms with van der Waals surface area (Å²) >= 11 is 0. The van der Waals surface area contributed by atoms with E-state index in [0.29, 0.717) is 0 Å². The van der Waals surface area contributed by atoms with E-state index in [4.69, 9.17) is 6.48 Å². The Bertz CT molecular complexity index is 52.8. The van der Waals surface area contributed by atoms with Crippen LogP contribution in [-0.4, -0.2) is 11.1 Å². The van der Waals surface area contributed by atoms with E-state index < -0.39 is 5.97 Å². The summed E-state index contributed by atoms with van der Waals surface area (Å²) in [7, 11) is 0. The molecule has 0 amide bonds. The molecule has 2 nitrogen and oxygen atoms in total. The van der Waals surface area contributed by atoms with Gasteiger partial charge in [-0.1, -0.05) is 6.90 Å². The Morgan fingerprint density at radius 3 is 3.00 bits per heavy atom. The van der Waals surface area contributed by atoms with Gasteiger partial charge in [-0.2, -0.15) is 0 Å². The lowest BCUT2D eigenvalue weighted by Gasteiger charge is -1.71. The van der Waals surface area contributed by atoms with Crippen molar-refractivity contribution >= 4 is 5.97 Å². The highest BCUT2D eigenvalue weighted by Gasteiger charge is 1.80. The summed E-state index contributed by atoms with van der Waals surface area (Å²) in [5, 5.41) is 7.79. The molecule has 0 aromatic heterocycles. The fourth-order valence-corrected chi connectivity index (χ4v) is 0. The molecule has 1 N–H and O–H groups in total. The fourth-order valence-electron chi connectivity index (χ4n) is 0.